The normalized spacial score (nSPS) is 14.9. The highest BCUT2D eigenvalue weighted by Gasteiger charge is 2.44. The molecule has 0 fully saturated rings. The van der Waals surface area contributed by atoms with E-state index < -0.39 is 11.9 Å². The smallest absolute Gasteiger partial charge is 0.295 e. The van der Waals surface area contributed by atoms with Gasteiger partial charge in [0.05, 0.1) is 38.3 Å². The number of methoxy groups -OCH3 is 3. The molecule has 0 saturated heterocycles. The van der Waals surface area contributed by atoms with Gasteiger partial charge >= 0.3 is 0 Å². The van der Waals surface area contributed by atoms with E-state index in [0.717, 1.165) is 0 Å². The van der Waals surface area contributed by atoms with Crippen LogP contribution in [-0.4, -0.2) is 27.2 Å². The first-order valence-electron chi connectivity index (χ1n) is 10.4. The Morgan fingerprint density at radius 1 is 0.882 bits per heavy atom. The molecule has 1 amide bonds. The van der Waals surface area contributed by atoms with E-state index in [0.29, 0.717) is 44.5 Å². The van der Waals surface area contributed by atoms with Crippen LogP contribution in [0.2, 0.25) is 5.02 Å². The number of hydrogen-bond donors (Lipinski definition) is 0. The van der Waals surface area contributed by atoms with Gasteiger partial charge < -0.3 is 18.6 Å². The van der Waals surface area contributed by atoms with Gasteiger partial charge in [-0.05, 0) is 48.0 Å². The minimum Gasteiger partial charge on any atom is -0.493 e. The van der Waals surface area contributed by atoms with E-state index in [4.69, 9.17) is 30.2 Å². The summed E-state index contributed by atoms with van der Waals surface area (Å²) in [6.07, 6.45) is 0. The SMILES string of the molecule is COc1cc(C2c3c(oc4ccc(Cl)cc4c3=O)C(=O)N2c2ccccc2)cc(OC)c1OC. The summed E-state index contributed by atoms with van der Waals surface area (Å²) in [5.41, 5.74) is 1.39. The van der Waals surface area contributed by atoms with Crippen molar-refractivity contribution in [3.8, 4) is 17.2 Å². The molecular weight excluding hydrogens is 458 g/mol. The molecule has 7 nitrogen and oxygen atoms in total. The Morgan fingerprint density at radius 3 is 2.18 bits per heavy atom. The largest absolute Gasteiger partial charge is 0.493 e. The van der Waals surface area contributed by atoms with Crippen molar-refractivity contribution in [2.75, 3.05) is 26.2 Å². The van der Waals surface area contributed by atoms with Crippen LogP contribution in [0.4, 0.5) is 5.69 Å². The van der Waals surface area contributed by atoms with Crippen LogP contribution in [0.1, 0.15) is 27.7 Å². The highest BCUT2D eigenvalue weighted by Crippen LogP contribution is 2.46. The van der Waals surface area contributed by atoms with Gasteiger partial charge in [0.1, 0.15) is 5.58 Å². The summed E-state index contributed by atoms with van der Waals surface area (Å²) in [4.78, 5) is 28.9. The third-order valence-corrected chi connectivity index (χ3v) is 6.10. The van der Waals surface area contributed by atoms with Crippen molar-refractivity contribution in [2.24, 2.45) is 0 Å². The van der Waals surface area contributed by atoms with Gasteiger partial charge in [0.2, 0.25) is 11.5 Å². The Bertz CT molecular complexity index is 1460. The lowest BCUT2D eigenvalue weighted by Gasteiger charge is -2.26. The van der Waals surface area contributed by atoms with E-state index in [1.54, 1.807) is 42.5 Å². The third-order valence-electron chi connectivity index (χ3n) is 5.87. The van der Waals surface area contributed by atoms with Gasteiger partial charge in [-0.15, -0.1) is 0 Å². The molecule has 8 heteroatoms. The zero-order chi connectivity index (χ0) is 24.0. The summed E-state index contributed by atoms with van der Waals surface area (Å²) >= 11 is 6.16. The van der Waals surface area contributed by atoms with Crippen LogP contribution in [0.3, 0.4) is 0 Å². The monoisotopic (exact) mass is 477 g/mol. The number of carbonyl (C=O) groups is 1. The van der Waals surface area contributed by atoms with E-state index in [2.05, 4.69) is 0 Å². The molecule has 1 aliphatic rings. The fraction of sp³-hybridized carbons (Fsp3) is 0.154. The summed E-state index contributed by atoms with van der Waals surface area (Å²) in [6.45, 7) is 0. The Kier molecular flexibility index (Phi) is 5.42. The van der Waals surface area contributed by atoms with E-state index >= 15 is 0 Å². The van der Waals surface area contributed by atoms with Gasteiger partial charge in [-0.3, -0.25) is 14.5 Å². The van der Waals surface area contributed by atoms with Crippen LogP contribution in [0.5, 0.6) is 17.2 Å². The van der Waals surface area contributed by atoms with Crippen molar-refractivity contribution in [1.82, 2.24) is 0 Å². The van der Waals surface area contributed by atoms with E-state index in [1.807, 2.05) is 18.2 Å². The number of fused-ring (bicyclic) bond motifs is 2. The molecule has 1 unspecified atom stereocenters. The van der Waals surface area contributed by atoms with Crippen molar-refractivity contribution in [3.63, 3.8) is 0 Å². The molecule has 0 radical (unpaired) electrons. The fourth-order valence-corrected chi connectivity index (χ4v) is 4.55. The Morgan fingerprint density at radius 2 is 1.56 bits per heavy atom. The number of benzene rings is 3. The Hall–Kier alpha value is -3.97. The number of carbonyl (C=O) groups excluding carboxylic acids is 1. The maximum absolute atomic E-state index is 13.7. The lowest BCUT2D eigenvalue weighted by molar-refractivity contribution is 0.0971. The average Bonchev–Trinajstić information content (AvgIpc) is 3.16. The summed E-state index contributed by atoms with van der Waals surface area (Å²) in [5, 5.41) is 0.694. The van der Waals surface area contributed by atoms with Crippen molar-refractivity contribution in [3.05, 3.63) is 92.8 Å². The molecule has 4 aromatic rings. The van der Waals surface area contributed by atoms with Crippen LogP contribution in [0.25, 0.3) is 11.0 Å². The minimum atomic E-state index is -0.793. The first-order valence-corrected chi connectivity index (χ1v) is 10.8. The highest BCUT2D eigenvalue weighted by molar-refractivity contribution is 6.31. The summed E-state index contributed by atoms with van der Waals surface area (Å²) in [5.74, 6) is 0.774. The van der Waals surface area contributed by atoms with E-state index in [-0.39, 0.29) is 16.8 Å². The molecule has 5 rings (SSSR count). The van der Waals surface area contributed by atoms with Gasteiger partial charge in [0.15, 0.2) is 16.9 Å². The minimum absolute atomic E-state index is 0.0116. The third kappa shape index (κ3) is 3.28. The second-order valence-electron chi connectivity index (χ2n) is 7.69. The molecule has 1 aromatic heterocycles. The predicted molar refractivity (Wildman–Crippen MR) is 129 cm³/mol. The van der Waals surface area contributed by atoms with Gasteiger partial charge in [0, 0.05) is 10.7 Å². The van der Waals surface area contributed by atoms with Crippen LogP contribution >= 0.6 is 11.6 Å². The molecule has 3 aromatic carbocycles. The van der Waals surface area contributed by atoms with Gasteiger partial charge in [0.25, 0.3) is 5.91 Å². The average molecular weight is 478 g/mol. The standard InChI is InChI=1S/C26H20ClNO6/c1-31-19-11-14(12-20(32-2)24(19)33-3)22-21-23(29)17-13-15(27)9-10-18(17)34-25(21)26(30)28(22)16-7-5-4-6-8-16/h4-13,22H,1-3H3. The first-order chi connectivity index (χ1) is 16.5. The number of halogens is 1. The van der Waals surface area contributed by atoms with Gasteiger partial charge in [-0.25, -0.2) is 0 Å². The van der Waals surface area contributed by atoms with E-state index in [1.165, 1.54) is 26.2 Å². The molecule has 1 atom stereocenters. The fourth-order valence-electron chi connectivity index (χ4n) is 4.37. The highest BCUT2D eigenvalue weighted by atomic mass is 35.5. The predicted octanol–water partition coefficient (Wildman–Crippen LogP) is 5.22. The van der Waals surface area contributed by atoms with Gasteiger partial charge in [-0.2, -0.15) is 0 Å². The molecule has 1 aliphatic heterocycles. The second-order valence-corrected chi connectivity index (χ2v) is 8.12. The summed E-state index contributed by atoms with van der Waals surface area (Å²) < 4.78 is 22.5. The molecule has 0 spiro atoms. The number of hydrogen-bond acceptors (Lipinski definition) is 6. The summed E-state index contributed by atoms with van der Waals surface area (Å²) in [7, 11) is 4.52. The van der Waals surface area contributed by atoms with Crippen molar-refractivity contribution < 1.29 is 23.4 Å². The number of nitrogens with zero attached hydrogens (tertiary/aromatic N) is 1. The molecule has 0 N–H and O–H groups in total. The maximum Gasteiger partial charge on any atom is 0.295 e. The number of rotatable bonds is 5. The lowest BCUT2D eigenvalue weighted by Crippen LogP contribution is -2.29. The maximum atomic E-state index is 13.7. The molecule has 0 bridgehead atoms. The van der Waals surface area contributed by atoms with Crippen LogP contribution in [0.15, 0.2) is 69.9 Å². The van der Waals surface area contributed by atoms with Crippen molar-refractivity contribution >= 4 is 34.2 Å². The molecule has 2 heterocycles. The van der Waals surface area contributed by atoms with Crippen LogP contribution < -0.4 is 24.5 Å². The zero-order valence-corrected chi connectivity index (χ0v) is 19.4. The quantitative estimate of drug-likeness (QED) is 0.392. The molecule has 0 aliphatic carbocycles. The first kappa shape index (κ1) is 21.9. The molecule has 0 saturated carbocycles. The summed E-state index contributed by atoms with van der Waals surface area (Å²) in [6, 6.07) is 16.5. The van der Waals surface area contributed by atoms with E-state index in [9.17, 15) is 9.59 Å². The van der Waals surface area contributed by atoms with Crippen molar-refractivity contribution in [1.29, 1.82) is 0 Å². The molecular formula is C26H20ClNO6. The number of ether oxygens (including phenoxy) is 3. The van der Waals surface area contributed by atoms with Gasteiger partial charge in [-0.1, -0.05) is 29.8 Å². The molecule has 34 heavy (non-hydrogen) atoms. The number of amides is 1. The zero-order valence-electron chi connectivity index (χ0n) is 18.6. The topological polar surface area (TPSA) is 78.2 Å². The Labute approximate surface area is 200 Å². The van der Waals surface area contributed by atoms with Crippen LogP contribution in [0, 0.1) is 0 Å². The molecule has 172 valence electrons. The van der Waals surface area contributed by atoms with Crippen molar-refractivity contribution in [2.45, 2.75) is 6.04 Å². The lowest BCUT2D eigenvalue weighted by atomic mass is 9.97. The number of para-hydroxylation sites is 1. The Balaban J connectivity index is 1.84. The number of anilines is 1. The van der Waals surface area contributed by atoms with Crippen LogP contribution in [-0.2, 0) is 0 Å². The second kappa shape index (κ2) is 8.43.